The first-order valence-electron chi connectivity index (χ1n) is 23.2. The van der Waals surface area contributed by atoms with Crippen LogP contribution < -0.4 is 10.6 Å². The van der Waals surface area contributed by atoms with Crippen LogP contribution in [0, 0.1) is 13.8 Å². The molecule has 0 fully saturated rings. The molecule has 2 aromatic carbocycles. The first kappa shape index (κ1) is 57.5. The van der Waals surface area contributed by atoms with Crippen LogP contribution in [-0.4, -0.2) is 64.3 Å². The number of thiazole rings is 2. The summed E-state index contributed by atoms with van der Waals surface area (Å²) in [6.45, 7) is 3.69. The highest BCUT2D eigenvalue weighted by Gasteiger charge is 2.40. The van der Waals surface area contributed by atoms with E-state index in [1.807, 2.05) is 37.4 Å². The number of aromatic carboxylic acids is 1. The van der Waals surface area contributed by atoms with E-state index in [1.54, 1.807) is 48.8 Å². The monoisotopic (exact) mass is 1160 g/mol. The molecule has 5 N–H and O–H groups in total. The van der Waals surface area contributed by atoms with Crippen molar-refractivity contribution in [2.24, 2.45) is 0 Å². The van der Waals surface area contributed by atoms with Crippen LogP contribution >= 0.6 is 38.6 Å². The van der Waals surface area contributed by atoms with Crippen molar-refractivity contribution in [1.82, 2.24) is 29.9 Å². The summed E-state index contributed by atoms with van der Waals surface area (Å²) in [5.74, 6) is -0.518. The van der Waals surface area contributed by atoms with Crippen molar-refractivity contribution in [3.63, 3.8) is 0 Å². The van der Waals surface area contributed by atoms with Crippen LogP contribution in [0.1, 0.15) is 108 Å². The summed E-state index contributed by atoms with van der Waals surface area (Å²) in [5.41, 5.74) is 2.28. The van der Waals surface area contributed by atoms with E-state index in [4.69, 9.17) is 4.74 Å². The number of halogens is 7. The van der Waals surface area contributed by atoms with Crippen molar-refractivity contribution in [2.45, 2.75) is 83.4 Å². The molecular formula is C54H49BrF6N8O6S2. The van der Waals surface area contributed by atoms with E-state index < -0.39 is 40.7 Å². The van der Waals surface area contributed by atoms with Crippen LogP contribution in [0.25, 0.3) is 10.6 Å². The summed E-state index contributed by atoms with van der Waals surface area (Å²) < 4.78 is 82.2. The third-order valence-corrected chi connectivity index (χ3v) is 14.7. The summed E-state index contributed by atoms with van der Waals surface area (Å²) in [5, 5.41) is 40.6. The highest BCUT2D eigenvalue weighted by Crippen LogP contribution is 2.45. The zero-order valence-corrected chi connectivity index (χ0v) is 43.6. The maximum atomic E-state index is 13.1. The van der Waals surface area contributed by atoms with Gasteiger partial charge < -0.3 is 30.7 Å². The van der Waals surface area contributed by atoms with Crippen LogP contribution in [0.3, 0.4) is 0 Å². The Morgan fingerprint density at radius 3 is 1.71 bits per heavy atom. The number of hydrogen-bond donors (Lipinski definition) is 5. The van der Waals surface area contributed by atoms with Gasteiger partial charge in [0.05, 0.1) is 39.9 Å². The molecule has 0 aliphatic heterocycles. The average molecular weight is 1160 g/mol. The Morgan fingerprint density at radius 1 is 0.662 bits per heavy atom. The first-order chi connectivity index (χ1) is 36.0. The van der Waals surface area contributed by atoms with E-state index in [9.17, 15) is 51.3 Å². The molecule has 2 unspecified atom stereocenters. The van der Waals surface area contributed by atoms with Crippen LogP contribution in [0.2, 0.25) is 0 Å². The molecule has 8 aromatic rings. The second kappa shape index (κ2) is 23.6. The second-order valence-corrected chi connectivity index (χ2v) is 20.4. The number of aryl methyl sites for hydroxylation is 4. The molecule has 0 saturated heterocycles. The summed E-state index contributed by atoms with van der Waals surface area (Å²) in [7, 11) is 1.37. The summed E-state index contributed by atoms with van der Waals surface area (Å²) >= 11 is 5.94. The number of carboxylic acid groups (broad SMARTS) is 1. The van der Waals surface area contributed by atoms with Crippen molar-refractivity contribution in [1.29, 1.82) is 0 Å². The van der Waals surface area contributed by atoms with Crippen LogP contribution in [0.15, 0.2) is 120 Å². The number of esters is 1. The molecule has 14 nitrogen and oxygen atoms in total. The standard InChI is InChI=1S/C26H21F3N4O3S.C15H15NO3S.C12H9BrF3N3.CH4/c1-14-9-19(32-22(10-14)33-21-12-17(6-8-30-21)26(27,28)29)20-13-31-24(37-20)25(36)7-2-3-15-11-16(23(34)35)4-5-18(15)25;1-19-13(17)11-4-5-12-10(9-11)3-2-6-15(12,18)14-16-7-8-20-14;1-7-4-9(13)18-11(5-7)19-10-6-8(2-3-17-10)12(14,15)16;/h4-6,8-13,36H,2-3,7H2,1H3,(H,34,35)(H,30,32,33);4-5,7-9,18H,2-3,6H2,1H3;2-6H,1H3,(H,17,18,19);1H4. The molecule has 77 heavy (non-hydrogen) atoms. The van der Waals surface area contributed by atoms with E-state index in [2.05, 4.69) is 56.5 Å². The van der Waals surface area contributed by atoms with E-state index in [0.29, 0.717) is 73.6 Å². The summed E-state index contributed by atoms with van der Waals surface area (Å²) in [6.07, 6.45) is 0.770. The average Bonchev–Trinajstić information content (AvgIpc) is 4.15. The van der Waals surface area contributed by atoms with Crippen molar-refractivity contribution < 1.29 is 56.0 Å². The van der Waals surface area contributed by atoms with Gasteiger partial charge in [-0.05, 0) is 174 Å². The predicted octanol–water partition coefficient (Wildman–Crippen LogP) is 13.4. The minimum Gasteiger partial charge on any atom is -0.478 e. The van der Waals surface area contributed by atoms with Gasteiger partial charge in [-0.25, -0.2) is 39.5 Å². The Balaban J connectivity index is 0.000000182. The van der Waals surface area contributed by atoms with Crippen molar-refractivity contribution in [3.05, 3.63) is 185 Å². The highest BCUT2D eigenvalue weighted by atomic mass is 79.9. The molecule has 0 radical (unpaired) electrons. The number of aliphatic hydroxyl groups is 2. The molecule has 0 spiro atoms. The van der Waals surface area contributed by atoms with Crippen molar-refractivity contribution in [2.75, 3.05) is 17.7 Å². The van der Waals surface area contributed by atoms with Crippen LogP contribution in [0.5, 0.6) is 0 Å². The number of fused-ring (bicyclic) bond motifs is 2. The van der Waals surface area contributed by atoms with Crippen LogP contribution in [0.4, 0.5) is 49.6 Å². The number of aromatic nitrogens is 6. The second-order valence-electron chi connectivity index (χ2n) is 17.7. The van der Waals surface area contributed by atoms with Crippen molar-refractivity contribution in [3.8, 4) is 10.6 Å². The molecular weight excluding hydrogens is 1110 g/mol. The van der Waals surface area contributed by atoms with E-state index in [1.165, 1.54) is 35.8 Å². The zero-order valence-electron chi connectivity index (χ0n) is 40.4. The van der Waals surface area contributed by atoms with Gasteiger partial charge in [0, 0.05) is 30.2 Å². The molecule has 6 heterocycles. The minimum absolute atomic E-state index is 0. The zero-order chi connectivity index (χ0) is 54.6. The van der Waals surface area contributed by atoms with Gasteiger partial charge in [-0.1, -0.05) is 19.6 Å². The Morgan fingerprint density at radius 2 is 1.19 bits per heavy atom. The smallest absolute Gasteiger partial charge is 0.416 e. The number of nitrogens with one attached hydrogen (secondary N) is 2. The largest absolute Gasteiger partial charge is 0.478 e. The fraction of sp³-hybridized carbons (Fsp3) is 0.259. The number of carboxylic acids is 1. The fourth-order valence-electron chi connectivity index (χ4n) is 8.74. The number of carbonyl (C=O) groups excluding carboxylic acids is 1. The lowest BCUT2D eigenvalue weighted by atomic mass is 9.79. The topological polar surface area (TPSA) is 205 Å². The molecule has 2 aliphatic rings. The number of ether oxygens (including phenoxy) is 1. The number of benzene rings is 2. The van der Waals surface area contributed by atoms with Gasteiger partial charge in [0.2, 0.25) is 0 Å². The molecule has 0 saturated carbocycles. The Bertz CT molecular complexity index is 3400. The molecule has 10 rings (SSSR count). The van der Waals surface area contributed by atoms with E-state index in [0.717, 1.165) is 77.3 Å². The number of carbonyl (C=O) groups is 2. The molecule has 2 atom stereocenters. The third kappa shape index (κ3) is 13.5. The Kier molecular flexibility index (Phi) is 17.6. The van der Waals surface area contributed by atoms with Gasteiger partial charge in [-0.15, -0.1) is 22.7 Å². The van der Waals surface area contributed by atoms with Gasteiger partial charge >= 0.3 is 24.3 Å². The normalized spacial score (nSPS) is 16.7. The van der Waals surface area contributed by atoms with E-state index in [-0.39, 0.29) is 30.6 Å². The number of alkyl halides is 6. The number of methoxy groups -OCH3 is 1. The predicted molar refractivity (Wildman–Crippen MR) is 284 cm³/mol. The number of rotatable bonds is 9. The van der Waals surface area contributed by atoms with Crippen LogP contribution in [-0.2, 0) is 41.1 Å². The lowest BCUT2D eigenvalue weighted by molar-refractivity contribution is -0.138. The highest BCUT2D eigenvalue weighted by molar-refractivity contribution is 9.10. The summed E-state index contributed by atoms with van der Waals surface area (Å²) in [6, 6.07) is 20.8. The van der Waals surface area contributed by atoms with Crippen molar-refractivity contribution >= 4 is 73.8 Å². The lowest BCUT2D eigenvalue weighted by Gasteiger charge is -2.33. The first-order valence-corrected chi connectivity index (χ1v) is 25.6. The number of pyridine rings is 4. The fourth-order valence-corrected chi connectivity index (χ4v) is 11.1. The molecule has 0 amide bonds. The van der Waals surface area contributed by atoms with Gasteiger partial charge in [0.1, 0.15) is 49.1 Å². The SMILES string of the molecule is C.COC(=O)c1ccc2c(c1)CCCC2(O)c1nccs1.Cc1cc(Br)nc(Nc2cc(C(F)(F)F)ccn2)c1.Cc1cc(Nc2cc(C(F)(F)F)ccn2)nc(-c2cnc(C3(O)CCCc4cc(C(=O)O)ccc43)s2)c1. The van der Waals surface area contributed by atoms with E-state index >= 15 is 0 Å². The third-order valence-electron chi connectivity index (χ3n) is 12.2. The van der Waals surface area contributed by atoms with Gasteiger partial charge in [0.15, 0.2) is 0 Å². The lowest BCUT2D eigenvalue weighted by Crippen LogP contribution is -2.32. The molecule has 2 aliphatic carbocycles. The Hall–Kier alpha value is -7.18. The molecule has 0 bridgehead atoms. The van der Waals surface area contributed by atoms with Gasteiger partial charge in [0.25, 0.3) is 0 Å². The maximum Gasteiger partial charge on any atom is 0.416 e. The molecule has 6 aromatic heterocycles. The molecule has 23 heteroatoms. The minimum atomic E-state index is -4.49. The van der Waals surface area contributed by atoms with Gasteiger partial charge in [-0.2, -0.15) is 26.3 Å². The summed E-state index contributed by atoms with van der Waals surface area (Å²) in [4.78, 5) is 48.8. The number of nitrogens with zero attached hydrogens (tertiary/aromatic N) is 6. The quantitative estimate of drug-likeness (QED) is 0.0518. The Labute approximate surface area is 454 Å². The molecule has 402 valence electrons. The number of anilines is 4. The van der Waals surface area contributed by atoms with Gasteiger partial charge in [-0.3, -0.25) is 0 Å². The maximum absolute atomic E-state index is 13.1. The number of hydrogen-bond acceptors (Lipinski definition) is 15.